The maximum Gasteiger partial charge on any atom is 0.272 e. The zero-order valence-corrected chi connectivity index (χ0v) is 12.2. The average molecular weight is 276 g/mol. The van der Waals surface area contributed by atoms with Crippen LogP contribution < -0.4 is 0 Å². The predicted octanol–water partition coefficient (Wildman–Crippen LogP) is 2.78. The predicted molar refractivity (Wildman–Crippen MR) is 75.5 cm³/mol. The van der Waals surface area contributed by atoms with E-state index in [4.69, 9.17) is 0 Å². The summed E-state index contributed by atoms with van der Waals surface area (Å²) in [5, 5.41) is 0. The third-order valence-corrected chi connectivity index (χ3v) is 4.58. The molecule has 1 aliphatic carbocycles. The third-order valence-electron chi connectivity index (χ3n) is 4.58. The Bertz CT molecular complexity index is 539. The second-order valence-electron chi connectivity index (χ2n) is 6.74. The first-order chi connectivity index (χ1) is 9.50. The van der Waals surface area contributed by atoms with Crippen LogP contribution >= 0.6 is 0 Å². The lowest BCUT2D eigenvalue weighted by atomic mass is 9.76. The summed E-state index contributed by atoms with van der Waals surface area (Å²) < 4.78 is 12.7. The summed E-state index contributed by atoms with van der Waals surface area (Å²) in [6.07, 6.45) is 3.81. The molecule has 1 unspecified atom stereocenters. The zero-order valence-electron chi connectivity index (χ0n) is 12.2. The van der Waals surface area contributed by atoms with Gasteiger partial charge < -0.3 is 4.90 Å². The molecule has 1 aromatic heterocycles. The van der Waals surface area contributed by atoms with Gasteiger partial charge in [0.05, 0.1) is 6.04 Å². The maximum absolute atomic E-state index is 12.7. The quantitative estimate of drug-likeness (QED) is 0.832. The molecule has 2 aliphatic rings. The van der Waals surface area contributed by atoms with Crippen molar-refractivity contribution in [3.63, 3.8) is 0 Å². The Labute approximate surface area is 119 Å². The van der Waals surface area contributed by atoms with Crippen LogP contribution in [-0.2, 0) is 12.8 Å². The molecule has 2 heterocycles. The SMILES string of the molecule is CC1(C)CCc2nc(C(=O)N3CCC3CF)ccc2C1. The Morgan fingerprint density at radius 2 is 2.30 bits per heavy atom. The monoisotopic (exact) mass is 276 g/mol. The number of alkyl halides is 1. The number of pyridine rings is 1. The molecule has 0 N–H and O–H groups in total. The van der Waals surface area contributed by atoms with Crippen molar-refractivity contribution in [1.82, 2.24) is 9.88 Å². The molecule has 1 atom stereocenters. The summed E-state index contributed by atoms with van der Waals surface area (Å²) in [7, 11) is 0. The molecule has 1 saturated heterocycles. The van der Waals surface area contributed by atoms with Gasteiger partial charge in [0.2, 0.25) is 0 Å². The van der Waals surface area contributed by atoms with E-state index in [1.165, 1.54) is 5.56 Å². The van der Waals surface area contributed by atoms with Crippen molar-refractivity contribution in [3.8, 4) is 0 Å². The minimum Gasteiger partial charge on any atom is -0.332 e. The van der Waals surface area contributed by atoms with Gasteiger partial charge in [0.25, 0.3) is 5.91 Å². The Kier molecular flexibility index (Phi) is 3.27. The second kappa shape index (κ2) is 4.83. The van der Waals surface area contributed by atoms with Gasteiger partial charge >= 0.3 is 0 Å². The molecule has 0 aromatic carbocycles. The first-order valence-corrected chi connectivity index (χ1v) is 7.36. The number of aryl methyl sites for hydroxylation is 1. The van der Waals surface area contributed by atoms with E-state index in [9.17, 15) is 9.18 Å². The standard InChI is InChI=1S/C16H21FN2O/c1-16(2)7-5-13-11(9-16)3-4-14(18-13)15(20)19-8-6-12(19)10-17/h3-4,12H,5-10H2,1-2H3. The molecule has 0 saturated carbocycles. The minimum absolute atomic E-state index is 0.119. The van der Waals surface area contributed by atoms with Crippen LogP contribution in [0, 0.1) is 5.41 Å². The summed E-state index contributed by atoms with van der Waals surface area (Å²) in [6, 6.07) is 3.59. The Balaban J connectivity index is 1.81. The highest BCUT2D eigenvalue weighted by atomic mass is 19.1. The third kappa shape index (κ3) is 2.32. The number of rotatable bonds is 2. The molecule has 108 valence electrons. The van der Waals surface area contributed by atoms with Gasteiger partial charge in [-0.25, -0.2) is 9.37 Å². The molecule has 20 heavy (non-hydrogen) atoms. The Hall–Kier alpha value is -1.45. The molecule has 1 fully saturated rings. The van der Waals surface area contributed by atoms with Gasteiger partial charge in [0, 0.05) is 12.2 Å². The van der Waals surface area contributed by atoms with Crippen LogP contribution in [0.2, 0.25) is 0 Å². The number of halogens is 1. The van der Waals surface area contributed by atoms with Gasteiger partial charge in [-0.15, -0.1) is 0 Å². The Morgan fingerprint density at radius 3 is 2.95 bits per heavy atom. The van der Waals surface area contributed by atoms with Crippen molar-refractivity contribution in [1.29, 1.82) is 0 Å². The number of hydrogen-bond acceptors (Lipinski definition) is 2. The van der Waals surface area contributed by atoms with Crippen LogP contribution in [0.5, 0.6) is 0 Å². The highest BCUT2D eigenvalue weighted by molar-refractivity contribution is 5.93. The first kappa shape index (κ1) is 13.5. The van der Waals surface area contributed by atoms with Crippen LogP contribution in [0.25, 0.3) is 0 Å². The molecule has 1 aliphatic heterocycles. The van der Waals surface area contributed by atoms with E-state index in [1.54, 1.807) is 11.0 Å². The van der Waals surface area contributed by atoms with E-state index in [0.29, 0.717) is 17.7 Å². The van der Waals surface area contributed by atoms with E-state index in [0.717, 1.165) is 31.4 Å². The van der Waals surface area contributed by atoms with Gasteiger partial charge in [-0.1, -0.05) is 19.9 Å². The molecule has 1 amide bonds. The van der Waals surface area contributed by atoms with Crippen molar-refractivity contribution in [2.45, 2.75) is 45.6 Å². The largest absolute Gasteiger partial charge is 0.332 e. The van der Waals surface area contributed by atoms with Crippen LogP contribution in [-0.4, -0.2) is 35.1 Å². The van der Waals surface area contributed by atoms with E-state index >= 15 is 0 Å². The lowest BCUT2D eigenvalue weighted by Crippen LogP contribution is -2.52. The second-order valence-corrected chi connectivity index (χ2v) is 6.74. The summed E-state index contributed by atoms with van der Waals surface area (Å²) in [6.45, 7) is 4.73. The van der Waals surface area contributed by atoms with Crippen molar-refractivity contribution in [3.05, 3.63) is 29.1 Å². The molecule has 1 aromatic rings. The first-order valence-electron chi connectivity index (χ1n) is 7.36. The molecular formula is C16H21FN2O. The van der Waals surface area contributed by atoms with Crippen molar-refractivity contribution < 1.29 is 9.18 Å². The summed E-state index contributed by atoms with van der Waals surface area (Å²) >= 11 is 0. The summed E-state index contributed by atoms with van der Waals surface area (Å²) in [5.74, 6) is -0.119. The van der Waals surface area contributed by atoms with Crippen molar-refractivity contribution in [2.75, 3.05) is 13.2 Å². The van der Waals surface area contributed by atoms with Gasteiger partial charge in [-0.3, -0.25) is 4.79 Å². The van der Waals surface area contributed by atoms with Gasteiger partial charge in [-0.05, 0) is 42.7 Å². The number of carbonyl (C=O) groups excluding carboxylic acids is 1. The number of hydrogen-bond donors (Lipinski definition) is 0. The fourth-order valence-corrected chi connectivity index (χ4v) is 3.10. The van der Waals surface area contributed by atoms with Crippen LogP contribution in [0.3, 0.4) is 0 Å². The molecule has 0 bridgehead atoms. The lowest BCUT2D eigenvalue weighted by molar-refractivity contribution is 0.0396. The van der Waals surface area contributed by atoms with Crippen LogP contribution in [0.15, 0.2) is 12.1 Å². The topological polar surface area (TPSA) is 33.2 Å². The van der Waals surface area contributed by atoms with Crippen LogP contribution in [0.1, 0.15) is 48.4 Å². The minimum atomic E-state index is -0.454. The molecule has 4 heteroatoms. The summed E-state index contributed by atoms with van der Waals surface area (Å²) in [4.78, 5) is 18.4. The molecule has 0 spiro atoms. The number of carbonyl (C=O) groups is 1. The zero-order chi connectivity index (χ0) is 14.3. The summed E-state index contributed by atoms with van der Waals surface area (Å²) in [5.41, 5.74) is 3.09. The van der Waals surface area contributed by atoms with Gasteiger partial charge in [0.1, 0.15) is 12.4 Å². The highest BCUT2D eigenvalue weighted by Gasteiger charge is 2.34. The van der Waals surface area contributed by atoms with E-state index in [2.05, 4.69) is 18.8 Å². The number of nitrogens with zero attached hydrogens (tertiary/aromatic N) is 2. The Morgan fingerprint density at radius 1 is 1.50 bits per heavy atom. The molecular weight excluding hydrogens is 255 g/mol. The smallest absolute Gasteiger partial charge is 0.272 e. The maximum atomic E-state index is 12.7. The number of aromatic nitrogens is 1. The molecule has 3 nitrogen and oxygen atoms in total. The molecule has 0 radical (unpaired) electrons. The van der Waals surface area contributed by atoms with Gasteiger partial charge in [-0.2, -0.15) is 0 Å². The average Bonchev–Trinajstić information content (AvgIpc) is 2.36. The number of amides is 1. The van der Waals surface area contributed by atoms with E-state index in [1.807, 2.05) is 6.07 Å². The van der Waals surface area contributed by atoms with E-state index < -0.39 is 6.67 Å². The normalized spacial score (nSPS) is 23.9. The van der Waals surface area contributed by atoms with Gasteiger partial charge in [0.15, 0.2) is 0 Å². The van der Waals surface area contributed by atoms with Crippen molar-refractivity contribution in [2.24, 2.45) is 5.41 Å². The molecule has 3 rings (SSSR count). The van der Waals surface area contributed by atoms with Crippen LogP contribution in [0.4, 0.5) is 4.39 Å². The van der Waals surface area contributed by atoms with Crippen molar-refractivity contribution >= 4 is 5.91 Å². The van der Waals surface area contributed by atoms with E-state index in [-0.39, 0.29) is 11.9 Å². The lowest BCUT2D eigenvalue weighted by Gasteiger charge is -2.39. The highest BCUT2D eigenvalue weighted by Crippen LogP contribution is 2.34. The fraction of sp³-hybridized carbons (Fsp3) is 0.625. The fourth-order valence-electron chi connectivity index (χ4n) is 3.10. The number of likely N-dealkylation sites (tertiary alicyclic amines) is 1. The number of fused-ring (bicyclic) bond motifs is 1.